The number of benzene rings is 1. The predicted molar refractivity (Wildman–Crippen MR) is 72.7 cm³/mol. The fraction of sp³-hybridized carbons (Fsp3) is 0.533. The van der Waals surface area contributed by atoms with Crippen LogP contribution in [0.25, 0.3) is 11.0 Å². The maximum absolute atomic E-state index is 5.76. The van der Waals surface area contributed by atoms with E-state index in [0.29, 0.717) is 6.10 Å². The number of fused-ring (bicyclic) bond motifs is 1. The number of hydrogen-bond acceptors (Lipinski definition) is 2. The van der Waals surface area contributed by atoms with E-state index in [4.69, 9.17) is 4.74 Å². The van der Waals surface area contributed by atoms with Crippen molar-refractivity contribution >= 4 is 11.0 Å². The second-order valence-electron chi connectivity index (χ2n) is 5.18. The van der Waals surface area contributed by atoms with Gasteiger partial charge in [0.2, 0.25) is 0 Å². The average molecular weight is 244 g/mol. The summed E-state index contributed by atoms with van der Waals surface area (Å²) in [7, 11) is 0. The van der Waals surface area contributed by atoms with Crippen LogP contribution >= 0.6 is 0 Å². The van der Waals surface area contributed by atoms with E-state index in [1.54, 1.807) is 0 Å². The molecule has 1 aliphatic heterocycles. The van der Waals surface area contributed by atoms with Gasteiger partial charge in [-0.1, -0.05) is 12.1 Å². The van der Waals surface area contributed by atoms with E-state index in [-0.39, 0.29) is 0 Å². The van der Waals surface area contributed by atoms with Crippen molar-refractivity contribution in [2.75, 3.05) is 6.61 Å². The van der Waals surface area contributed by atoms with Crippen molar-refractivity contribution in [3.8, 4) is 0 Å². The molecular weight excluding hydrogens is 224 g/mol. The minimum Gasteiger partial charge on any atom is -0.378 e. The number of nitrogens with one attached hydrogen (secondary N) is 1. The summed E-state index contributed by atoms with van der Waals surface area (Å²) in [6.45, 7) is 3.04. The Morgan fingerprint density at radius 3 is 3.11 bits per heavy atom. The monoisotopic (exact) mass is 244 g/mol. The molecule has 1 aromatic carbocycles. The van der Waals surface area contributed by atoms with Gasteiger partial charge in [0.1, 0.15) is 5.82 Å². The van der Waals surface area contributed by atoms with Crippen LogP contribution < -0.4 is 0 Å². The van der Waals surface area contributed by atoms with Gasteiger partial charge in [-0.25, -0.2) is 4.98 Å². The van der Waals surface area contributed by atoms with E-state index < -0.39 is 0 Å². The van der Waals surface area contributed by atoms with Gasteiger partial charge in [0, 0.05) is 13.0 Å². The van der Waals surface area contributed by atoms with Crippen molar-refractivity contribution < 1.29 is 4.74 Å². The third kappa shape index (κ3) is 2.41. The lowest BCUT2D eigenvalue weighted by Gasteiger charge is -2.21. The maximum atomic E-state index is 5.76. The molecular formula is C15H20N2O. The van der Waals surface area contributed by atoms with Crippen molar-refractivity contribution in [1.82, 2.24) is 9.97 Å². The first-order chi connectivity index (χ1) is 8.83. The van der Waals surface area contributed by atoms with Gasteiger partial charge in [0.25, 0.3) is 0 Å². The predicted octanol–water partition coefficient (Wildman–Crippen LogP) is 3.37. The normalized spacial score (nSPS) is 20.4. The van der Waals surface area contributed by atoms with Crippen molar-refractivity contribution in [2.45, 2.75) is 45.1 Å². The zero-order chi connectivity index (χ0) is 12.4. The van der Waals surface area contributed by atoms with Crippen LogP contribution in [0.3, 0.4) is 0 Å². The molecule has 1 fully saturated rings. The van der Waals surface area contributed by atoms with Gasteiger partial charge in [-0.3, -0.25) is 0 Å². The largest absolute Gasteiger partial charge is 0.378 e. The molecule has 1 unspecified atom stereocenters. The highest BCUT2D eigenvalue weighted by Crippen LogP contribution is 2.19. The Labute approximate surface area is 108 Å². The SMILES string of the molecule is Cc1cccc2[nH]c(CCC3CCCCO3)nc12. The number of hydrogen-bond donors (Lipinski definition) is 1. The molecule has 0 radical (unpaired) electrons. The molecule has 2 heterocycles. The molecule has 1 atom stereocenters. The molecule has 1 N–H and O–H groups in total. The van der Waals surface area contributed by atoms with E-state index in [0.717, 1.165) is 36.3 Å². The summed E-state index contributed by atoms with van der Waals surface area (Å²) < 4.78 is 5.76. The highest BCUT2D eigenvalue weighted by Gasteiger charge is 2.14. The summed E-state index contributed by atoms with van der Waals surface area (Å²) in [5.74, 6) is 1.09. The van der Waals surface area contributed by atoms with E-state index in [1.165, 1.54) is 24.8 Å². The first-order valence-electron chi connectivity index (χ1n) is 6.89. The van der Waals surface area contributed by atoms with Crippen LogP contribution in [0.4, 0.5) is 0 Å². The third-order valence-corrected chi connectivity index (χ3v) is 3.74. The first-order valence-corrected chi connectivity index (χ1v) is 6.89. The fourth-order valence-electron chi connectivity index (χ4n) is 2.68. The number of nitrogens with zero attached hydrogens (tertiary/aromatic N) is 1. The minimum absolute atomic E-state index is 0.438. The van der Waals surface area contributed by atoms with E-state index in [2.05, 4.69) is 35.1 Å². The van der Waals surface area contributed by atoms with Gasteiger partial charge in [-0.2, -0.15) is 0 Å². The second-order valence-corrected chi connectivity index (χ2v) is 5.18. The molecule has 96 valence electrons. The maximum Gasteiger partial charge on any atom is 0.107 e. The molecule has 0 spiro atoms. The van der Waals surface area contributed by atoms with Crippen molar-refractivity contribution in [3.63, 3.8) is 0 Å². The number of H-pyrrole nitrogens is 1. The number of imidazole rings is 1. The highest BCUT2D eigenvalue weighted by molar-refractivity contribution is 5.78. The molecule has 0 bridgehead atoms. The summed E-state index contributed by atoms with van der Waals surface area (Å²) in [6, 6.07) is 6.27. The average Bonchev–Trinajstić information content (AvgIpc) is 2.82. The van der Waals surface area contributed by atoms with Crippen molar-refractivity contribution in [1.29, 1.82) is 0 Å². The van der Waals surface area contributed by atoms with Crippen LogP contribution in [0.1, 0.15) is 37.1 Å². The molecule has 1 aliphatic rings. The Morgan fingerprint density at radius 2 is 2.33 bits per heavy atom. The quantitative estimate of drug-likeness (QED) is 0.898. The summed E-state index contributed by atoms with van der Waals surface area (Å²) in [5, 5.41) is 0. The van der Waals surface area contributed by atoms with Gasteiger partial charge in [0.15, 0.2) is 0 Å². The molecule has 3 rings (SSSR count). The van der Waals surface area contributed by atoms with Crippen molar-refractivity contribution in [2.24, 2.45) is 0 Å². The molecule has 3 nitrogen and oxygen atoms in total. The lowest BCUT2D eigenvalue weighted by atomic mass is 10.0. The van der Waals surface area contributed by atoms with E-state index in [9.17, 15) is 0 Å². The van der Waals surface area contributed by atoms with Crippen LogP contribution in [-0.2, 0) is 11.2 Å². The van der Waals surface area contributed by atoms with Crippen LogP contribution in [0.15, 0.2) is 18.2 Å². The summed E-state index contributed by atoms with van der Waals surface area (Å²) >= 11 is 0. The number of aromatic nitrogens is 2. The smallest absolute Gasteiger partial charge is 0.107 e. The number of para-hydroxylation sites is 1. The molecule has 1 saturated heterocycles. The number of rotatable bonds is 3. The Bertz CT molecular complexity index is 526. The number of ether oxygens (including phenoxy) is 1. The van der Waals surface area contributed by atoms with Crippen LogP contribution in [0.2, 0.25) is 0 Å². The number of aryl methyl sites for hydroxylation is 2. The highest BCUT2D eigenvalue weighted by atomic mass is 16.5. The Balaban J connectivity index is 1.69. The van der Waals surface area contributed by atoms with E-state index >= 15 is 0 Å². The zero-order valence-electron chi connectivity index (χ0n) is 10.9. The van der Waals surface area contributed by atoms with Crippen LogP contribution in [-0.4, -0.2) is 22.7 Å². The standard InChI is InChI=1S/C15H20N2O/c1-11-5-4-7-13-15(11)17-14(16-13)9-8-12-6-2-3-10-18-12/h4-5,7,12H,2-3,6,8-10H2,1H3,(H,16,17). The first kappa shape index (κ1) is 11.7. The van der Waals surface area contributed by atoms with Crippen LogP contribution in [0.5, 0.6) is 0 Å². The molecule has 1 aromatic heterocycles. The molecule has 3 heteroatoms. The topological polar surface area (TPSA) is 37.9 Å². The number of aromatic amines is 1. The van der Waals surface area contributed by atoms with E-state index in [1.807, 2.05) is 0 Å². The Kier molecular flexibility index (Phi) is 3.33. The minimum atomic E-state index is 0.438. The molecule has 0 aliphatic carbocycles. The fourth-order valence-corrected chi connectivity index (χ4v) is 2.68. The second kappa shape index (κ2) is 5.11. The van der Waals surface area contributed by atoms with Gasteiger partial charge in [-0.15, -0.1) is 0 Å². The van der Waals surface area contributed by atoms with Gasteiger partial charge in [-0.05, 0) is 44.2 Å². The van der Waals surface area contributed by atoms with Gasteiger partial charge >= 0.3 is 0 Å². The zero-order valence-corrected chi connectivity index (χ0v) is 10.9. The Morgan fingerprint density at radius 1 is 1.39 bits per heavy atom. The van der Waals surface area contributed by atoms with Crippen LogP contribution in [0, 0.1) is 6.92 Å². The molecule has 18 heavy (non-hydrogen) atoms. The molecule has 0 amide bonds. The van der Waals surface area contributed by atoms with Crippen molar-refractivity contribution in [3.05, 3.63) is 29.6 Å². The molecule has 2 aromatic rings. The lowest BCUT2D eigenvalue weighted by Crippen LogP contribution is -2.19. The van der Waals surface area contributed by atoms with Gasteiger partial charge < -0.3 is 9.72 Å². The summed E-state index contributed by atoms with van der Waals surface area (Å²) in [5.41, 5.74) is 3.50. The Hall–Kier alpha value is -1.35. The lowest BCUT2D eigenvalue weighted by molar-refractivity contribution is 0.0112. The summed E-state index contributed by atoms with van der Waals surface area (Å²) in [6.07, 6.45) is 6.24. The molecule has 0 saturated carbocycles. The summed E-state index contributed by atoms with van der Waals surface area (Å²) in [4.78, 5) is 8.09. The van der Waals surface area contributed by atoms with Gasteiger partial charge in [0.05, 0.1) is 17.1 Å². The third-order valence-electron chi connectivity index (χ3n) is 3.74.